The highest BCUT2D eigenvalue weighted by atomic mass is 19.4. The fourth-order valence-corrected chi connectivity index (χ4v) is 3.34. The van der Waals surface area contributed by atoms with Gasteiger partial charge in [0.2, 0.25) is 0 Å². The molecule has 0 aromatic heterocycles. The van der Waals surface area contributed by atoms with E-state index < -0.39 is 11.7 Å². The maximum absolute atomic E-state index is 13.0. The molecule has 0 aliphatic carbocycles. The summed E-state index contributed by atoms with van der Waals surface area (Å²) in [6, 6.07) is 13.4. The smallest absolute Gasteiger partial charge is 0.347 e. The van der Waals surface area contributed by atoms with Crippen LogP contribution >= 0.6 is 0 Å². The first kappa shape index (κ1) is 18.0. The maximum atomic E-state index is 13.0. The molecule has 1 aliphatic heterocycles. The van der Waals surface area contributed by atoms with Crippen molar-refractivity contribution in [3.8, 4) is 0 Å². The molecular weight excluding hydrogens is 339 g/mol. The van der Waals surface area contributed by atoms with Crippen molar-refractivity contribution >= 4 is 17.6 Å². The van der Waals surface area contributed by atoms with Crippen molar-refractivity contribution in [1.29, 1.82) is 0 Å². The second-order valence-corrected chi connectivity index (χ2v) is 6.69. The Morgan fingerprint density at radius 3 is 2.38 bits per heavy atom. The van der Waals surface area contributed by atoms with Crippen LogP contribution in [0.2, 0.25) is 0 Å². The van der Waals surface area contributed by atoms with E-state index in [1.807, 2.05) is 31.3 Å². The van der Waals surface area contributed by atoms with Crippen LogP contribution in [0.4, 0.5) is 24.5 Å². The Morgan fingerprint density at radius 1 is 1.04 bits per heavy atom. The van der Waals surface area contributed by atoms with Gasteiger partial charge >= 0.3 is 6.18 Å². The molecule has 0 saturated carbocycles. The summed E-state index contributed by atoms with van der Waals surface area (Å²) in [7, 11) is 1.97. The number of nitrogens with one attached hydrogen (secondary N) is 1. The lowest BCUT2D eigenvalue weighted by molar-refractivity contribution is -0.136. The van der Waals surface area contributed by atoms with Crippen molar-refractivity contribution in [3.05, 3.63) is 71.4 Å². The molecule has 0 radical (unpaired) electrons. The van der Waals surface area contributed by atoms with Crippen molar-refractivity contribution in [2.45, 2.75) is 25.4 Å². The second kappa shape index (κ2) is 6.52. The van der Waals surface area contributed by atoms with E-state index in [1.54, 1.807) is 0 Å². The molecule has 3 rings (SSSR count). The number of benzene rings is 2. The number of anilines is 2. The predicted molar refractivity (Wildman–Crippen MR) is 99.5 cm³/mol. The third-order valence-electron chi connectivity index (χ3n) is 4.66. The lowest BCUT2D eigenvalue weighted by Gasteiger charge is -2.23. The summed E-state index contributed by atoms with van der Waals surface area (Å²) in [6.07, 6.45) is -1.11. The van der Waals surface area contributed by atoms with Crippen LogP contribution in [0.3, 0.4) is 0 Å². The molecule has 0 amide bonds. The SMILES string of the molecule is CN1/C(=C\C=N/Nc2ccccc2C(F)(F)F)C(C)(C)c2ccccc21. The van der Waals surface area contributed by atoms with Gasteiger partial charge in [0, 0.05) is 30.1 Å². The van der Waals surface area contributed by atoms with Crippen molar-refractivity contribution in [2.24, 2.45) is 5.10 Å². The molecule has 0 spiro atoms. The predicted octanol–water partition coefficient (Wildman–Crippen LogP) is 5.41. The van der Waals surface area contributed by atoms with Crippen molar-refractivity contribution in [2.75, 3.05) is 17.4 Å². The van der Waals surface area contributed by atoms with Gasteiger partial charge < -0.3 is 4.90 Å². The summed E-state index contributed by atoms with van der Waals surface area (Å²) < 4.78 is 39.0. The van der Waals surface area contributed by atoms with E-state index in [4.69, 9.17) is 0 Å². The zero-order valence-electron chi connectivity index (χ0n) is 14.8. The Bertz CT molecular complexity index is 867. The molecule has 0 saturated heterocycles. The highest BCUT2D eigenvalue weighted by Gasteiger charge is 2.37. The number of halogens is 3. The first-order chi connectivity index (χ1) is 12.2. The van der Waals surface area contributed by atoms with Gasteiger partial charge in [-0.05, 0) is 29.8 Å². The number of likely N-dealkylation sites (N-methyl/N-ethyl adjacent to an activating group) is 1. The monoisotopic (exact) mass is 359 g/mol. The van der Waals surface area contributed by atoms with E-state index in [1.165, 1.54) is 30.0 Å². The summed E-state index contributed by atoms with van der Waals surface area (Å²) in [4.78, 5) is 2.07. The lowest BCUT2D eigenvalue weighted by Crippen LogP contribution is -2.23. The zero-order valence-corrected chi connectivity index (χ0v) is 14.8. The Kier molecular flexibility index (Phi) is 4.52. The van der Waals surface area contributed by atoms with E-state index in [0.29, 0.717) is 0 Å². The van der Waals surface area contributed by atoms with Crippen LogP contribution in [0.5, 0.6) is 0 Å². The maximum Gasteiger partial charge on any atom is 0.418 e. The Labute approximate surface area is 150 Å². The van der Waals surface area contributed by atoms with E-state index >= 15 is 0 Å². The van der Waals surface area contributed by atoms with Gasteiger partial charge in [0.25, 0.3) is 0 Å². The molecule has 26 heavy (non-hydrogen) atoms. The molecule has 2 aromatic rings. The first-order valence-electron chi connectivity index (χ1n) is 8.22. The van der Waals surface area contributed by atoms with E-state index in [9.17, 15) is 13.2 Å². The van der Waals surface area contributed by atoms with E-state index in [-0.39, 0.29) is 11.1 Å². The minimum Gasteiger partial charge on any atom is -0.347 e. The lowest BCUT2D eigenvalue weighted by atomic mass is 9.84. The molecule has 136 valence electrons. The normalized spacial score (nSPS) is 17.8. The van der Waals surface area contributed by atoms with Gasteiger partial charge in [-0.1, -0.05) is 44.2 Å². The fourth-order valence-electron chi connectivity index (χ4n) is 3.34. The summed E-state index contributed by atoms with van der Waals surface area (Å²) in [5, 5.41) is 3.96. The molecule has 3 nitrogen and oxygen atoms in total. The number of allylic oxidation sites excluding steroid dienone is 2. The van der Waals surface area contributed by atoms with Crippen molar-refractivity contribution < 1.29 is 13.2 Å². The molecule has 2 aromatic carbocycles. The fraction of sp³-hybridized carbons (Fsp3) is 0.250. The number of hydrogen-bond donors (Lipinski definition) is 1. The second-order valence-electron chi connectivity index (χ2n) is 6.69. The third kappa shape index (κ3) is 3.19. The highest BCUT2D eigenvalue weighted by Crippen LogP contribution is 2.46. The van der Waals surface area contributed by atoms with Crippen LogP contribution in [-0.2, 0) is 11.6 Å². The van der Waals surface area contributed by atoms with Gasteiger partial charge in [0.1, 0.15) is 0 Å². The average molecular weight is 359 g/mol. The number of fused-ring (bicyclic) bond motifs is 1. The molecule has 1 heterocycles. The molecule has 0 atom stereocenters. The molecule has 6 heteroatoms. The minimum absolute atomic E-state index is 0.0722. The Balaban J connectivity index is 1.82. The molecule has 0 unspecified atom stereocenters. The molecule has 1 N–H and O–H groups in total. The van der Waals surface area contributed by atoms with Crippen LogP contribution in [-0.4, -0.2) is 13.3 Å². The van der Waals surface area contributed by atoms with Crippen LogP contribution in [0.25, 0.3) is 0 Å². The van der Waals surface area contributed by atoms with Crippen LogP contribution in [0, 0.1) is 0 Å². The largest absolute Gasteiger partial charge is 0.418 e. The molecular formula is C20H20F3N3. The quantitative estimate of drug-likeness (QED) is 0.586. The zero-order chi connectivity index (χ0) is 18.9. The van der Waals surface area contributed by atoms with E-state index in [0.717, 1.165) is 17.5 Å². The number of hydrazone groups is 1. The van der Waals surface area contributed by atoms with Gasteiger partial charge in [-0.3, -0.25) is 5.43 Å². The van der Waals surface area contributed by atoms with Gasteiger partial charge in [-0.25, -0.2) is 0 Å². The van der Waals surface area contributed by atoms with Gasteiger partial charge in [-0.2, -0.15) is 18.3 Å². The topological polar surface area (TPSA) is 27.6 Å². The summed E-state index contributed by atoms with van der Waals surface area (Å²) >= 11 is 0. The Morgan fingerprint density at radius 2 is 1.69 bits per heavy atom. The van der Waals surface area contributed by atoms with Crippen LogP contribution in [0.1, 0.15) is 25.0 Å². The number of alkyl halides is 3. The van der Waals surface area contributed by atoms with Gasteiger partial charge in [0.15, 0.2) is 0 Å². The number of para-hydroxylation sites is 2. The van der Waals surface area contributed by atoms with E-state index in [2.05, 4.69) is 35.3 Å². The molecule has 1 aliphatic rings. The average Bonchev–Trinajstić information content (AvgIpc) is 2.79. The highest BCUT2D eigenvalue weighted by molar-refractivity contribution is 5.79. The summed E-state index contributed by atoms with van der Waals surface area (Å²) in [6.45, 7) is 4.22. The number of rotatable bonds is 3. The summed E-state index contributed by atoms with van der Waals surface area (Å²) in [5.74, 6) is 0. The third-order valence-corrected chi connectivity index (χ3v) is 4.66. The first-order valence-corrected chi connectivity index (χ1v) is 8.22. The molecule has 0 bridgehead atoms. The number of nitrogens with zero attached hydrogens (tertiary/aromatic N) is 2. The van der Waals surface area contributed by atoms with Gasteiger partial charge in [-0.15, -0.1) is 0 Å². The van der Waals surface area contributed by atoms with Crippen LogP contribution in [0.15, 0.2) is 65.4 Å². The van der Waals surface area contributed by atoms with Crippen LogP contribution < -0.4 is 10.3 Å². The summed E-state index contributed by atoms with van der Waals surface area (Å²) in [5.41, 5.74) is 4.82. The van der Waals surface area contributed by atoms with Crippen molar-refractivity contribution in [3.63, 3.8) is 0 Å². The number of hydrogen-bond acceptors (Lipinski definition) is 3. The van der Waals surface area contributed by atoms with Gasteiger partial charge in [0.05, 0.1) is 11.3 Å². The standard InChI is InChI=1S/C20H20F3N3/c1-19(2)15-9-5-7-11-17(15)26(3)18(19)12-13-24-25-16-10-6-4-8-14(16)20(21,22)23/h4-13,25H,1-3H3/b18-12-,24-13-. The van der Waals surface area contributed by atoms with Crippen molar-refractivity contribution in [1.82, 2.24) is 0 Å². The molecule has 0 fully saturated rings. The Hall–Kier alpha value is -2.76. The minimum atomic E-state index is -4.42.